The monoisotopic (exact) mass is 351 g/mol. The Bertz CT molecular complexity index is 703. The third-order valence-corrected chi connectivity index (χ3v) is 3.21. The zero-order valence-electron chi connectivity index (χ0n) is 11.0. The molecule has 2 aromatic rings. The second-order valence-electron chi connectivity index (χ2n) is 4.15. The molecule has 0 saturated heterocycles. The average molecular weight is 352 g/mol. The number of nitrogens with one attached hydrogen (secondary N) is 1. The van der Waals surface area contributed by atoms with Crippen molar-refractivity contribution in [2.24, 2.45) is 0 Å². The van der Waals surface area contributed by atoms with Gasteiger partial charge in [-0.25, -0.2) is 9.18 Å². The van der Waals surface area contributed by atoms with Crippen molar-refractivity contribution >= 4 is 33.5 Å². The van der Waals surface area contributed by atoms with E-state index in [2.05, 4.69) is 26.0 Å². The Hall–Kier alpha value is -2.21. The molecule has 0 atom stereocenters. The summed E-state index contributed by atoms with van der Waals surface area (Å²) < 4.78 is 18.8. The van der Waals surface area contributed by atoms with Crippen LogP contribution in [0.5, 0.6) is 0 Å². The summed E-state index contributed by atoms with van der Waals surface area (Å²) in [6.07, 6.45) is 0. The van der Waals surface area contributed by atoms with Gasteiger partial charge in [0.25, 0.3) is 5.91 Å². The van der Waals surface area contributed by atoms with E-state index in [9.17, 15) is 14.0 Å². The highest BCUT2D eigenvalue weighted by Crippen LogP contribution is 2.18. The van der Waals surface area contributed by atoms with E-state index in [0.29, 0.717) is 15.7 Å². The van der Waals surface area contributed by atoms with E-state index in [4.69, 9.17) is 0 Å². The van der Waals surface area contributed by atoms with Crippen molar-refractivity contribution in [1.82, 2.24) is 0 Å². The zero-order chi connectivity index (χ0) is 15.4. The minimum absolute atomic E-state index is 0.0818. The van der Waals surface area contributed by atoms with Crippen LogP contribution >= 0.6 is 15.9 Å². The van der Waals surface area contributed by atoms with E-state index in [-0.39, 0.29) is 5.56 Å². The number of esters is 1. The Labute approximate surface area is 129 Å². The summed E-state index contributed by atoms with van der Waals surface area (Å²) in [6, 6.07) is 10.4. The van der Waals surface area contributed by atoms with Crippen molar-refractivity contribution in [1.29, 1.82) is 0 Å². The van der Waals surface area contributed by atoms with Crippen molar-refractivity contribution in [3.8, 4) is 0 Å². The van der Waals surface area contributed by atoms with Gasteiger partial charge in [0.05, 0.1) is 18.2 Å². The summed E-state index contributed by atoms with van der Waals surface area (Å²) in [7, 11) is 1.27. The van der Waals surface area contributed by atoms with Crippen LogP contribution in [0.25, 0.3) is 0 Å². The van der Waals surface area contributed by atoms with Crippen molar-refractivity contribution in [3.63, 3.8) is 0 Å². The summed E-state index contributed by atoms with van der Waals surface area (Å²) in [6.45, 7) is 0. The molecule has 0 aromatic heterocycles. The quantitative estimate of drug-likeness (QED) is 0.859. The molecule has 1 N–H and O–H groups in total. The largest absolute Gasteiger partial charge is 0.465 e. The number of carbonyl (C=O) groups excluding carboxylic acids is 2. The Kier molecular flexibility index (Phi) is 4.70. The molecule has 6 heteroatoms. The molecule has 21 heavy (non-hydrogen) atoms. The molecule has 2 rings (SSSR count). The molecule has 0 fully saturated rings. The Morgan fingerprint density at radius 3 is 2.62 bits per heavy atom. The first-order chi connectivity index (χ1) is 10.0. The molecule has 0 aliphatic rings. The van der Waals surface area contributed by atoms with Gasteiger partial charge in [0.15, 0.2) is 0 Å². The molecule has 0 aliphatic carbocycles. The lowest BCUT2D eigenvalue weighted by Gasteiger charge is -2.07. The molecule has 0 saturated carbocycles. The average Bonchev–Trinajstić information content (AvgIpc) is 2.46. The van der Waals surface area contributed by atoms with Crippen LogP contribution in [-0.4, -0.2) is 19.0 Å². The van der Waals surface area contributed by atoms with E-state index >= 15 is 0 Å². The van der Waals surface area contributed by atoms with Crippen molar-refractivity contribution in [2.45, 2.75) is 0 Å². The summed E-state index contributed by atoms with van der Waals surface area (Å²) >= 11 is 3.12. The van der Waals surface area contributed by atoms with Crippen LogP contribution < -0.4 is 5.32 Å². The van der Waals surface area contributed by atoms with Crippen LogP contribution in [0.3, 0.4) is 0 Å². The molecular formula is C15H11BrFNO3. The highest BCUT2D eigenvalue weighted by molar-refractivity contribution is 9.10. The van der Waals surface area contributed by atoms with Gasteiger partial charge in [-0.3, -0.25) is 4.79 Å². The van der Waals surface area contributed by atoms with E-state index in [0.717, 1.165) is 0 Å². The fourth-order valence-electron chi connectivity index (χ4n) is 1.71. The van der Waals surface area contributed by atoms with Crippen LogP contribution in [0, 0.1) is 5.82 Å². The molecule has 0 unspecified atom stereocenters. The van der Waals surface area contributed by atoms with Gasteiger partial charge in [0.1, 0.15) is 5.82 Å². The van der Waals surface area contributed by atoms with Gasteiger partial charge in [-0.15, -0.1) is 0 Å². The number of benzene rings is 2. The van der Waals surface area contributed by atoms with Crippen molar-refractivity contribution in [3.05, 3.63) is 63.9 Å². The number of halogens is 2. The maximum absolute atomic E-state index is 13.7. The predicted octanol–water partition coefficient (Wildman–Crippen LogP) is 3.63. The van der Waals surface area contributed by atoms with Gasteiger partial charge in [0.2, 0.25) is 0 Å². The third kappa shape index (κ3) is 3.66. The van der Waals surface area contributed by atoms with Crippen LogP contribution in [0.2, 0.25) is 0 Å². The number of hydrogen-bond acceptors (Lipinski definition) is 3. The highest BCUT2D eigenvalue weighted by atomic mass is 79.9. The molecule has 0 spiro atoms. The zero-order valence-corrected chi connectivity index (χ0v) is 12.6. The lowest BCUT2D eigenvalue weighted by atomic mass is 10.1. The summed E-state index contributed by atoms with van der Waals surface area (Å²) in [5.74, 6) is -1.74. The van der Waals surface area contributed by atoms with E-state index < -0.39 is 17.7 Å². The molecular weight excluding hydrogens is 341 g/mol. The van der Waals surface area contributed by atoms with Gasteiger partial charge in [0, 0.05) is 10.2 Å². The number of hydrogen-bond donors (Lipinski definition) is 1. The normalized spacial score (nSPS) is 10.0. The minimum Gasteiger partial charge on any atom is -0.465 e. The van der Waals surface area contributed by atoms with Crippen molar-refractivity contribution in [2.75, 3.05) is 12.4 Å². The molecule has 2 aromatic carbocycles. The van der Waals surface area contributed by atoms with Crippen LogP contribution in [0.15, 0.2) is 46.9 Å². The van der Waals surface area contributed by atoms with Gasteiger partial charge in [-0.2, -0.15) is 0 Å². The van der Waals surface area contributed by atoms with Gasteiger partial charge < -0.3 is 10.1 Å². The maximum atomic E-state index is 13.7. The number of ether oxygens (including phenoxy) is 1. The summed E-state index contributed by atoms with van der Waals surface area (Å²) in [5, 5.41) is 2.54. The smallest absolute Gasteiger partial charge is 0.337 e. The lowest BCUT2D eigenvalue weighted by molar-refractivity contribution is 0.0600. The Balaban J connectivity index is 2.21. The van der Waals surface area contributed by atoms with E-state index in [1.165, 1.54) is 25.3 Å². The van der Waals surface area contributed by atoms with Gasteiger partial charge in [-0.1, -0.05) is 22.0 Å². The van der Waals surface area contributed by atoms with Crippen molar-refractivity contribution < 1.29 is 18.7 Å². The Morgan fingerprint density at radius 2 is 1.95 bits per heavy atom. The van der Waals surface area contributed by atoms with Gasteiger partial charge in [-0.05, 0) is 36.4 Å². The minimum atomic E-state index is -0.633. The molecule has 0 heterocycles. The highest BCUT2D eigenvalue weighted by Gasteiger charge is 2.13. The number of methoxy groups -OCH3 is 1. The molecule has 0 aliphatic heterocycles. The topological polar surface area (TPSA) is 55.4 Å². The second kappa shape index (κ2) is 6.49. The van der Waals surface area contributed by atoms with Crippen LogP contribution in [0.1, 0.15) is 20.7 Å². The fourth-order valence-corrected chi connectivity index (χ4v) is 2.05. The maximum Gasteiger partial charge on any atom is 0.337 e. The first-order valence-electron chi connectivity index (χ1n) is 5.96. The molecule has 1 amide bonds. The van der Waals surface area contributed by atoms with E-state index in [1.807, 2.05) is 0 Å². The predicted molar refractivity (Wildman–Crippen MR) is 79.8 cm³/mol. The summed E-state index contributed by atoms with van der Waals surface area (Å²) in [4.78, 5) is 23.4. The SMILES string of the molecule is COC(=O)c1cccc(NC(=O)c2ccc(Br)cc2F)c1. The molecule has 0 radical (unpaired) electrons. The van der Waals surface area contributed by atoms with Gasteiger partial charge >= 0.3 is 5.97 Å². The number of rotatable bonds is 3. The van der Waals surface area contributed by atoms with Crippen LogP contribution in [0.4, 0.5) is 10.1 Å². The van der Waals surface area contributed by atoms with Crippen LogP contribution in [-0.2, 0) is 4.74 Å². The molecule has 4 nitrogen and oxygen atoms in total. The molecule has 0 bridgehead atoms. The second-order valence-corrected chi connectivity index (χ2v) is 5.07. The standard InChI is InChI=1S/C15H11BrFNO3/c1-21-15(20)9-3-2-4-11(7-9)18-14(19)12-6-5-10(16)8-13(12)17/h2-8H,1H3,(H,18,19). The lowest BCUT2D eigenvalue weighted by Crippen LogP contribution is -2.14. The first-order valence-corrected chi connectivity index (χ1v) is 6.75. The Morgan fingerprint density at radius 1 is 1.19 bits per heavy atom. The van der Waals surface area contributed by atoms with E-state index in [1.54, 1.807) is 24.3 Å². The fraction of sp³-hybridized carbons (Fsp3) is 0.0667. The first kappa shape index (κ1) is 15.2. The summed E-state index contributed by atoms with van der Waals surface area (Å²) in [5.41, 5.74) is 0.596. The number of anilines is 1. The molecule has 108 valence electrons. The third-order valence-electron chi connectivity index (χ3n) is 2.72. The number of carbonyl (C=O) groups is 2. The number of amides is 1.